The first kappa shape index (κ1) is 16.0. The van der Waals surface area contributed by atoms with Gasteiger partial charge in [-0.05, 0) is 57.9 Å². The van der Waals surface area contributed by atoms with Crippen molar-refractivity contribution in [1.82, 2.24) is 4.90 Å². The molecular weight excluding hydrogens is 286 g/mol. The fourth-order valence-electron chi connectivity index (χ4n) is 2.91. The standard InChI is InChI=1S/C9H15N.C7H8O3S/c1-9(2)8-4-3-6-10(9)7-5-8;1-6-2-4-7(5-3-6)11(8,9)10/h3,6,8H,4-5,7H2,1-2H3;2-5H,1H3,(H,8,9,10). The van der Waals surface area contributed by atoms with Crippen LogP contribution < -0.4 is 0 Å². The van der Waals surface area contributed by atoms with Gasteiger partial charge in [0.05, 0.1) is 4.90 Å². The Kier molecular flexibility index (Phi) is 4.44. The third-order valence-electron chi connectivity index (χ3n) is 4.48. The maximum Gasteiger partial charge on any atom is 0.294 e. The van der Waals surface area contributed by atoms with E-state index in [1.807, 2.05) is 6.92 Å². The largest absolute Gasteiger partial charge is 0.372 e. The molecule has 1 fully saturated rings. The Morgan fingerprint density at radius 2 is 1.86 bits per heavy atom. The summed E-state index contributed by atoms with van der Waals surface area (Å²) in [6, 6.07) is 5.99. The minimum absolute atomic E-state index is 0.0666. The van der Waals surface area contributed by atoms with E-state index in [2.05, 4.69) is 31.0 Å². The van der Waals surface area contributed by atoms with Crippen molar-refractivity contribution in [2.45, 2.75) is 44.0 Å². The maximum absolute atomic E-state index is 10.5. The summed E-state index contributed by atoms with van der Waals surface area (Å²) < 4.78 is 29.6. The molecule has 1 aromatic rings. The predicted molar refractivity (Wildman–Crippen MR) is 83.6 cm³/mol. The van der Waals surface area contributed by atoms with Crippen molar-refractivity contribution >= 4 is 10.1 Å². The predicted octanol–water partition coefficient (Wildman–Crippen LogP) is 3.25. The maximum atomic E-state index is 10.5. The van der Waals surface area contributed by atoms with Crippen molar-refractivity contribution in [3.8, 4) is 0 Å². The third kappa shape index (κ3) is 3.66. The molecule has 0 amide bonds. The first-order valence-corrected chi connectivity index (χ1v) is 8.63. The Bertz CT molecular complexity index is 617. The first-order valence-electron chi connectivity index (χ1n) is 7.19. The summed E-state index contributed by atoms with van der Waals surface area (Å²) in [7, 11) is -4.02. The third-order valence-corrected chi connectivity index (χ3v) is 5.35. The van der Waals surface area contributed by atoms with E-state index in [1.165, 1.54) is 31.5 Å². The number of rotatable bonds is 1. The summed E-state index contributed by atoms with van der Waals surface area (Å²) in [5, 5.41) is 0. The normalized spacial score (nSPS) is 22.7. The highest BCUT2D eigenvalue weighted by molar-refractivity contribution is 7.85. The van der Waals surface area contributed by atoms with Gasteiger partial charge >= 0.3 is 0 Å². The molecule has 2 aliphatic heterocycles. The summed E-state index contributed by atoms with van der Waals surface area (Å²) in [6.45, 7) is 7.82. The second-order valence-electron chi connectivity index (χ2n) is 6.24. The van der Waals surface area contributed by atoms with Crippen LogP contribution in [0.3, 0.4) is 0 Å². The summed E-state index contributed by atoms with van der Waals surface area (Å²) in [4.78, 5) is 2.41. The van der Waals surface area contributed by atoms with Crippen LogP contribution in [0.25, 0.3) is 0 Å². The van der Waals surface area contributed by atoms with Gasteiger partial charge in [-0.25, -0.2) is 0 Å². The van der Waals surface area contributed by atoms with E-state index in [0.29, 0.717) is 5.54 Å². The van der Waals surface area contributed by atoms with E-state index in [0.717, 1.165) is 11.5 Å². The Hall–Kier alpha value is -1.33. The van der Waals surface area contributed by atoms with Gasteiger partial charge < -0.3 is 4.90 Å². The van der Waals surface area contributed by atoms with Crippen molar-refractivity contribution in [2.24, 2.45) is 5.92 Å². The fourth-order valence-corrected chi connectivity index (χ4v) is 3.39. The van der Waals surface area contributed by atoms with Gasteiger partial charge in [-0.3, -0.25) is 4.55 Å². The molecule has 4 nitrogen and oxygen atoms in total. The zero-order valence-electron chi connectivity index (χ0n) is 12.8. The number of nitrogens with zero attached hydrogens (tertiary/aromatic N) is 1. The van der Waals surface area contributed by atoms with E-state index in [-0.39, 0.29) is 4.90 Å². The summed E-state index contributed by atoms with van der Waals surface area (Å²) in [5.74, 6) is 0.914. The van der Waals surface area contributed by atoms with Crippen LogP contribution in [0.5, 0.6) is 0 Å². The molecular formula is C16H23NO3S. The SMILES string of the molecule is CC1(C)C2CC=CN1CC2.Cc1ccc(S(=O)(=O)O)cc1. The van der Waals surface area contributed by atoms with Crippen molar-refractivity contribution < 1.29 is 13.0 Å². The van der Waals surface area contributed by atoms with Crippen molar-refractivity contribution in [2.75, 3.05) is 6.54 Å². The molecule has 1 saturated heterocycles. The smallest absolute Gasteiger partial charge is 0.294 e. The highest BCUT2D eigenvalue weighted by Gasteiger charge is 2.40. The van der Waals surface area contributed by atoms with Crippen LogP contribution in [0.4, 0.5) is 0 Å². The molecule has 2 bridgehead atoms. The topological polar surface area (TPSA) is 57.6 Å². The lowest BCUT2D eigenvalue weighted by Crippen LogP contribution is -2.40. The highest BCUT2D eigenvalue weighted by atomic mass is 32.2. The Morgan fingerprint density at radius 1 is 1.24 bits per heavy atom. The first-order chi connectivity index (χ1) is 9.71. The molecule has 0 saturated carbocycles. The molecule has 116 valence electrons. The Labute approximate surface area is 127 Å². The monoisotopic (exact) mass is 309 g/mol. The highest BCUT2D eigenvalue weighted by Crippen LogP contribution is 2.39. The molecule has 5 heteroatoms. The molecule has 3 rings (SSSR count). The molecule has 0 radical (unpaired) electrons. The Balaban J connectivity index is 0.000000154. The average molecular weight is 309 g/mol. The molecule has 2 aliphatic rings. The minimum atomic E-state index is -4.02. The summed E-state index contributed by atoms with van der Waals surface area (Å²) >= 11 is 0. The summed E-state index contributed by atoms with van der Waals surface area (Å²) in [6.07, 6.45) is 7.26. The van der Waals surface area contributed by atoms with Gasteiger partial charge in [-0.15, -0.1) is 0 Å². The minimum Gasteiger partial charge on any atom is -0.372 e. The van der Waals surface area contributed by atoms with Gasteiger partial charge in [0.2, 0.25) is 0 Å². The van der Waals surface area contributed by atoms with Crippen LogP contribution >= 0.6 is 0 Å². The molecule has 0 aliphatic carbocycles. The van der Waals surface area contributed by atoms with Crippen LogP contribution in [0.2, 0.25) is 0 Å². The number of aryl methyl sites for hydroxylation is 1. The van der Waals surface area contributed by atoms with E-state index in [4.69, 9.17) is 4.55 Å². The lowest BCUT2D eigenvalue weighted by molar-refractivity contribution is 0.183. The Morgan fingerprint density at radius 3 is 2.33 bits per heavy atom. The van der Waals surface area contributed by atoms with E-state index in [9.17, 15) is 8.42 Å². The molecule has 1 N–H and O–H groups in total. The van der Waals surface area contributed by atoms with Gasteiger partial charge in [-0.2, -0.15) is 8.42 Å². The number of allylic oxidation sites excluding steroid dienone is 1. The molecule has 0 aromatic heterocycles. The van der Waals surface area contributed by atoms with E-state index >= 15 is 0 Å². The zero-order chi connectivity index (χ0) is 15.7. The van der Waals surface area contributed by atoms with Crippen LogP contribution in [-0.2, 0) is 10.1 Å². The number of fused-ring (bicyclic) bond motifs is 2. The molecule has 1 atom stereocenters. The van der Waals surface area contributed by atoms with Crippen molar-refractivity contribution in [3.05, 3.63) is 42.1 Å². The molecule has 0 spiro atoms. The van der Waals surface area contributed by atoms with Gasteiger partial charge in [0.15, 0.2) is 0 Å². The lowest BCUT2D eigenvalue weighted by atomic mass is 9.84. The van der Waals surface area contributed by atoms with Crippen LogP contribution in [0.1, 0.15) is 32.3 Å². The molecule has 2 heterocycles. The fraction of sp³-hybridized carbons (Fsp3) is 0.500. The quantitative estimate of drug-likeness (QED) is 0.809. The van der Waals surface area contributed by atoms with Gasteiger partial charge in [0.25, 0.3) is 10.1 Å². The zero-order valence-corrected chi connectivity index (χ0v) is 13.6. The number of benzene rings is 1. The molecule has 1 unspecified atom stereocenters. The van der Waals surface area contributed by atoms with E-state index < -0.39 is 10.1 Å². The van der Waals surface area contributed by atoms with Gasteiger partial charge in [-0.1, -0.05) is 23.8 Å². The lowest BCUT2D eigenvalue weighted by Gasteiger charge is -2.37. The number of hydrogen-bond acceptors (Lipinski definition) is 3. The van der Waals surface area contributed by atoms with Gasteiger partial charge in [0.1, 0.15) is 0 Å². The number of hydrogen-bond donors (Lipinski definition) is 1. The van der Waals surface area contributed by atoms with E-state index in [1.54, 1.807) is 12.1 Å². The molecule has 1 aromatic carbocycles. The van der Waals surface area contributed by atoms with Crippen LogP contribution in [-0.4, -0.2) is 30.0 Å². The van der Waals surface area contributed by atoms with Crippen LogP contribution in [0, 0.1) is 12.8 Å². The summed E-state index contributed by atoms with van der Waals surface area (Å²) in [5.41, 5.74) is 1.41. The van der Waals surface area contributed by atoms with Crippen molar-refractivity contribution in [1.29, 1.82) is 0 Å². The average Bonchev–Trinajstić information content (AvgIpc) is 2.58. The molecule has 21 heavy (non-hydrogen) atoms. The second kappa shape index (κ2) is 5.81. The van der Waals surface area contributed by atoms with Crippen LogP contribution in [0.15, 0.2) is 41.4 Å². The second-order valence-corrected chi connectivity index (χ2v) is 7.66. The van der Waals surface area contributed by atoms with Gasteiger partial charge in [0, 0.05) is 12.1 Å². The van der Waals surface area contributed by atoms with Crippen molar-refractivity contribution in [3.63, 3.8) is 0 Å².